The zero-order valence-electron chi connectivity index (χ0n) is 24.3. The third-order valence-electron chi connectivity index (χ3n) is 6.39. The Kier molecular flexibility index (Phi) is 24.1. The average molecular weight is 565 g/mol. The minimum absolute atomic E-state index is 0.158. The minimum Gasteiger partial charge on any atom is -0.462 e. The SMILES string of the molecule is CCCCCCCCCCCCCCCCCC[S+](CCC)c1ccccc1C(=O)OCC.F[B-](F)(F)F. The number of carbonyl (C=O) groups is 1. The number of unbranched alkanes of at least 4 members (excludes halogenated alkanes) is 15. The maximum absolute atomic E-state index is 12.4. The molecule has 0 spiro atoms. The van der Waals surface area contributed by atoms with Crippen molar-refractivity contribution in [3.05, 3.63) is 29.8 Å². The lowest BCUT2D eigenvalue weighted by Crippen LogP contribution is -2.17. The van der Waals surface area contributed by atoms with Gasteiger partial charge in [-0.05, 0) is 38.3 Å². The largest absolute Gasteiger partial charge is 0.673 e. The Morgan fingerprint density at radius 1 is 0.658 bits per heavy atom. The summed E-state index contributed by atoms with van der Waals surface area (Å²) in [5.74, 6) is 2.23. The van der Waals surface area contributed by atoms with Crippen LogP contribution in [0.5, 0.6) is 0 Å². The van der Waals surface area contributed by atoms with Gasteiger partial charge in [0, 0.05) is 10.9 Å². The molecule has 0 saturated heterocycles. The number of ether oxygens (including phenoxy) is 1. The third-order valence-corrected chi connectivity index (χ3v) is 9.05. The van der Waals surface area contributed by atoms with Crippen molar-refractivity contribution in [2.45, 2.75) is 135 Å². The Balaban J connectivity index is 0.00000249. The van der Waals surface area contributed by atoms with Crippen LogP contribution in [-0.2, 0) is 15.6 Å². The monoisotopic (exact) mass is 564 g/mol. The fourth-order valence-corrected chi connectivity index (χ4v) is 6.91. The summed E-state index contributed by atoms with van der Waals surface area (Å²) in [5.41, 5.74) is 0.785. The normalized spacial score (nSPS) is 12.1. The molecule has 0 aromatic heterocycles. The number of hydrogen-bond acceptors (Lipinski definition) is 2. The Hall–Kier alpha value is -1.18. The summed E-state index contributed by atoms with van der Waals surface area (Å²) in [5, 5.41) is 0. The highest BCUT2D eigenvalue weighted by molar-refractivity contribution is 7.97. The third kappa shape index (κ3) is 22.8. The first-order valence-electron chi connectivity index (χ1n) is 15.0. The van der Waals surface area contributed by atoms with Gasteiger partial charge in [0.2, 0.25) is 0 Å². The molecule has 1 rings (SSSR count). The van der Waals surface area contributed by atoms with E-state index < -0.39 is 7.25 Å². The molecular weight excluding hydrogens is 511 g/mol. The summed E-state index contributed by atoms with van der Waals surface area (Å²) >= 11 is 0. The lowest BCUT2D eigenvalue weighted by molar-refractivity contribution is 0.0522. The van der Waals surface area contributed by atoms with E-state index in [9.17, 15) is 22.1 Å². The highest BCUT2D eigenvalue weighted by atomic mass is 32.2. The van der Waals surface area contributed by atoms with Crippen LogP contribution in [-0.4, -0.2) is 31.3 Å². The summed E-state index contributed by atoms with van der Waals surface area (Å²) in [6, 6.07) is 8.12. The first-order valence-corrected chi connectivity index (χ1v) is 16.6. The molecule has 0 radical (unpaired) electrons. The van der Waals surface area contributed by atoms with Crippen molar-refractivity contribution in [3.8, 4) is 0 Å². The molecule has 222 valence electrons. The highest BCUT2D eigenvalue weighted by Gasteiger charge is 2.27. The molecule has 8 heteroatoms. The molecule has 0 aliphatic heterocycles. The van der Waals surface area contributed by atoms with Crippen molar-refractivity contribution < 1.29 is 26.8 Å². The molecule has 0 fully saturated rings. The number of halogens is 4. The van der Waals surface area contributed by atoms with Gasteiger partial charge in [-0.15, -0.1) is 0 Å². The number of esters is 1. The van der Waals surface area contributed by atoms with E-state index in [0.717, 1.165) is 5.56 Å². The van der Waals surface area contributed by atoms with Crippen molar-refractivity contribution in [2.24, 2.45) is 0 Å². The van der Waals surface area contributed by atoms with Crippen LogP contribution in [0.15, 0.2) is 29.2 Å². The van der Waals surface area contributed by atoms with E-state index in [2.05, 4.69) is 26.0 Å². The fourth-order valence-electron chi connectivity index (χ4n) is 4.49. The van der Waals surface area contributed by atoms with Gasteiger partial charge in [-0.1, -0.05) is 116 Å². The minimum atomic E-state index is -6.00. The van der Waals surface area contributed by atoms with Gasteiger partial charge in [-0.3, -0.25) is 0 Å². The van der Waals surface area contributed by atoms with Crippen LogP contribution < -0.4 is 0 Å². The Morgan fingerprint density at radius 3 is 1.50 bits per heavy atom. The zero-order chi connectivity index (χ0) is 28.5. The molecule has 0 heterocycles. The second-order valence-electron chi connectivity index (χ2n) is 9.92. The quantitative estimate of drug-likeness (QED) is 0.0460. The second-order valence-corrected chi connectivity index (χ2v) is 12.2. The van der Waals surface area contributed by atoms with Gasteiger partial charge in [-0.25, -0.2) is 4.79 Å². The van der Waals surface area contributed by atoms with Crippen LogP contribution in [0.4, 0.5) is 17.3 Å². The van der Waals surface area contributed by atoms with Crippen molar-refractivity contribution >= 4 is 24.1 Å². The van der Waals surface area contributed by atoms with Gasteiger partial charge in [0.15, 0.2) is 4.90 Å². The number of rotatable bonds is 22. The lowest BCUT2D eigenvalue weighted by Gasteiger charge is -2.11. The van der Waals surface area contributed by atoms with Crippen molar-refractivity contribution in [1.82, 2.24) is 0 Å². The van der Waals surface area contributed by atoms with E-state index in [1.807, 2.05) is 19.1 Å². The molecule has 0 amide bonds. The topological polar surface area (TPSA) is 26.3 Å². The highest BCUT2D eigenvalue weighted by Crippen LogP contribution is 2.23. The number of hydrogen-bond donors (Lipinski definition) is 0. The summed E-state index contributed by atoms with van der Waals surface area (Å²) in [6.07, 6.45) is 23.7. The summed E-state index contributed by atoms with van der Waals surface area (Å²) in [7, 11) is -5.84. The molecule has 1 atom stereocenters. The van der Waals surface area contributed by atoms with Gasteiger partial charge in [-0.2, -0.15) is 0 Å². The predicted octanol–water partition coefficient (Wildman–Crippen LogP) is 10.8. The number of carbonyl (C=O) groups excluding carboxylic acids is 1. The summed E-state index contributed by atoms with van der Waals surface area (Å²) in [4.78, 5) is 13.6. The molecule has 2 nitrogen and oxygen atoms in total. The van der Waals surface area contributed by atoms with Crippen molar-refractivity contribution in [1.29, 1.82) is 0 Å². The van der Waals surface area contributed by atoms with E-state index in [-0.39, 0.29) is 16.9 Å². The smallest absolute Gasteiger partial charge is 0.462 e. The Bertz CT molecular complexity index is 682. The fraction of sp³-hybridized carbons (Fsp3) is 0.767. The van der Waals surface area contributed by atoms with Crippen molar-refractivity contribution in [3.63, 3.8) is 0 Å². The maximum Gasteiger partial charge on any atom is 0.673 e. The van der Waals surface area contributed by atoms with Crippen LogP contribution >= 0.6 is 0 Å². The van der Waals surface area contributed by atoms with Gasteiger partial charge in [0.25, 0.3) is 0 Å². The maximum atomic E-state index is 12.4. The molecule has 0 bridgehead atoms. The molecule has 0 aliphatic carbocycles. The van der Waals surface area contributed by atoms with Crippen LogP contribution in [0.25, 0.3) is 0 Å². The lowest BCUT2D eigenvalue weighted by atomic mass is 10.0. The van der Waals surface area contributed by atoms with Gasteiger partial charge in [0.1, 0.15) is 17.1 Å². The van der Waals surface area contributed by atoms with E-state index in [4.69, 9.17) is 4.74 Å². The van der Waals surface area contributed by atoms with Crippen molar-refractivity contribution in [2.75, 3.05) is 18.1 Å². The van der Waals surface area contributed by atoms with E-state index in [0.29, 0.717) is 6.61 Å². The van der Waals surface area contributed by atoms with Crippen LogP contribution in [0.1, 0.15) is 140 Å². The standard InChI is InChI=1S/C30H53O2S.BF4/c1-4-7-8-9-10-11-12-13-14-15-16-17-18-19-20-23-27-33(26-5-2)29-25-22-21-24-28(29)30(31)32-6-3;2-1(3,4)5/h21-22,24-25H,4-20,23,26-27H2,1-3H3;/q+1;-1. The molecule has 1 aromatic carbocycles. The van der Waals surface area contributed by atoms with Gasteiger partial charge in [0.05, 0.1) is 6.61 Å². The molecule has 1 aromatic rings. The predicted molar refractivity (Wildman–Crippen MR) is 158 cm³/mol. The van der Waals surface area contributed by atoms with Gasteiger partial charge < -0.3 is 22.0 Å². The Labute approximate surface area is 233 Å². The Morgan fingerprint density at radius 2 is 1.08 bits per heavy atom. The average Bonchev–Trinajstić information content (AvgIpc) is 2.87. The molecule has 38 heavy (non-hydrogen) atoms. The molecule has 0 N–H and O–H groups in total. The number of benzene rings is 1. The molecule has 0 aliphatic rings. The zero-order valence-corrected chi connectivity index (χ0v) is 25.1. The van der Waals surface area contributed by atoms with E-state index >= 15 is 0 Å². The van der Waals surface area contributed by atoms with E-state index in [1.165, 1.54) is 126 Å². The summed E-state index contributed by atoms with van der Waals surface area (Å²) in [6.45, 7) is 6.86. The second kappa shape index (κ2) is 24.8. The summed E-state index contributed by atoms with van der Waals surface area (Å²) < 4.78 is 44.3. The van der Waals surface area contributed by atoms with E-state index in [1.54, 1.807) is 0 Å². The van der Waals surface area contributed by atoms with Crippen LogP contribution in [0.3, 0.4) is 0 Å². The first kappa shape index (κ1) is 36.8. The molecule has 0 saturated carbocycles. The molecule has 1 unspecified atom stereocenters. The van der Waals surface area contributed by atoms with Crippen LogP contribution in [0, 0.1) is 0 Å². The van der Waals surface area contributed by atoms with Crippen LogP contribution in [0.2, 0.25) is 0 Å². The first-order chi connectivity index (χ1) is 18.2. The van der Waals surface area contributed by atoms with Gasteiger partial charge >= 0.3 is 13.2 Å². The molecular formula is C30H53BF4O2S.